The summed E-state index contributed by atoms with van der Waals surface area (Å²) in [5.41, 5.74) is -4.51. The van der Waals surface area contributed by atoms with Gasteiger partial charge in [0.2, 0.25) is 0 Å². The number of nitrogens with one attached hydrogen (secondary N) is 1. The van der Waals surface area contributed by atoms with Crippen LogP contribution in [0.2, 0.25) is 13.1 Å². The molecule has 153 valence electrons. The molecule has 1 aliphatic rings. The number of rotatable bonds is 4. The molecule has 2 heterocycles. The highest BCUT2D eigenvalue weighted by Gasteiger charge is 2.51. The van der Waals surface area contributed by atoms with E-state index in [0.29, 0.717) is 6.20 Å². The number of ether oxygens (including phenoxy) is 2. The van der Waals surface area contributed by atoms with Crippen LogP contribution in [0.1, 0.15) is 32.8 Å². The molecule has 7 nitrogen and oxygen atoms in total. The smallest absolute Gasteiger partial charge is 0.390 e. The number of alkyl halides is 3. The summed E-state index contributed by atoms with van der Waals surface area (Å²) in [6.45, 7) is 8.99. The van der Waals surface area contributed by atoms with Crippen LogP contribution in [0, 0.1) is 0 Å². The molecule has 2 rings (SSSR count). The second-order valence-corrected chi connectivity index (χ2v) is 10.6. The van der Waals surface area contributed by atoms with Crippen LogP contribution in [-0.4, -0.2) is 47.9 Å². The van der Waals surface area contributed by atoms with E-state index in [1.165, 1.54) is 0 Å². The van der Waals surface area contributed by atoms with Gasteiger partial charge in [0.05, 0.1) is 18.3 Å². The second kappa shape index (κ2) is 7.19. The molecule has 0 saturated carbocycles. The lowest BCUT2D eigenvalue weighted by atomic mass is 10.1. The van der Waals surface area contributed by atoms with Gasteiger partial charge in [0, 0.05) is 12.6 Å². The maximum atomic E-state index is 13.1. The van der Waals surface area contributed by atoms with Crippen LogP contribution in [0.15, 0.2) is 15.8 Å². The molecule has 0 unspecified atom stereocenters. The van der Waals surface area contributed by atoms with Crippen molar-refractivity contribution in [2.45, 2.75) is 69.6 Å². The van der Waals surface area contributed by atoms with Gasteiger partial charge in [0.15, 0.2) is 0 Å². The number of hydrogen-bond donors (Lipinski definition) is 2. The summed E-state index contributed by atoms with van der Waals surface area (Å²) in [5, 5.41) is 8.96. The molecule has 1 radical (unpaired) electrons. The zero-order valence-corrected chi connectivity index (χ0v) is 16.8. The molecular weight excluding hydrogens is 385 g/mol. The Labute approximate surface area is 155 Å². The predicted octanol–water partition coefficient (Wildman–Crippen LogP) is 1.47. The van der Waals surface area contributed by atoms with E-state index in [1.807, 2.05) is 20.8 Å². The largest absolute Gasteiger partial charge is 0.423 e. The normalized spacial score (nSPS) is 26.7. The Balaban J connectivity index is 2.50. The standard InChI is InChI=1S/C16H24F3N2O5Si/c1-14(2,3)25-8-11-10(22)6-15(26-11,27(4)5)21-7-9(16(17,18)19)12(23)20-13(21)24/h7,10-11,22H,6,8H2,1-5H3,(H,20,23,24)/t10-,11+,15-/m0/s1. The lowest BCUT2D eigenvalue weighted by Crippen LogP contribution is -2.52. The van der Waals surface area contributed by atoms with Crippen LogP contribution in [0.4, 0.5) is 13.2 Å². The Hall–Kier alpha value is -1.43. The predicted molar refractivity (Wildman–Crippen MR) is 93.0 cm³/mol. The van der Waals surface area contributed by atoms with Crippen LogP contribution >= 0.6 is 0 Å². The zero-order valence-electron chi connectivity index (χ0n) is 15.8. The summed E-state index contributed by atoms with van der Waals surface area (Å²) in [4.78, 5) is 25.6. The van der Waals surface area contributed by atoms with Crippen LogP contribution in [0.25, 0.3) is 0 Å². The van der Waals surface area contributed by atoms with Gasteiger partial charge in [-0.3, -0.25) is 14.3 Å². The molecule has 3 atom stereocenters. The summed E-state index contributed by atoms with van der Waals surface area (Å²) in [6, 6.07) is 0. The van der Waals surface area contributed by atoms with Gasteiger partial charge in [-0.15, -0.1) is 0 Å². The van der Waals surface area contributed by atoms with E-state index in [0.717, 1.165) is 4.57 Å². The third kappa shape index (κ3) is 4.53. The van der Waals surface area contributed by atoms with E-state index in [1.54, 1.807) is 18.1 Å². The third-order valence-electron chi connectivity index (χ3n) is 4.36. The fourth-order valence-corrected chi connectivity index (χ4v) is 4.58. The van der Waals surface area contributed by atoms with Gasteiger partial charge in [-0.2, -0.15) is 13.2 Å². The number of aromatic amines is 1. The molecule has 0 aromatic carbocycles. The van der Waals surface area contributed by atoms with Crippen molar-refractivity contribution < 1.29 is 27.8 Å². The topological polar surface area (TPSA) is 93.6 Å². The highest BCUT2D eigenvalue weighted by atomic mass is 28.3. The molecule has 1 aromatic heterocycles. The number of aliphatic hydroxyl groups excluding tert-OH is 1. The van der Waals surface area contributed by atoms with Crippen LogP contribution in [-0.2, 0) is 21.0 Å². The maximum Gasteiger partial charge on any atom is 0.423 e. The molecule has 27 heavy (non-hydrogen) atoms. The van der Waals surface area contributed by atoms with Crippen molar-refractivity contribution in [1.82, 2.24) is 9.55 Å². The molecule has 2 N–H and O–H groups in total. The van der Waals surface area contributed by atoms with Gasteiger partial charge in [0.1, 0.15) is 25.8 Å². The second-order valence-electron chi connectivity index (χ2n) is 7.81. The molecule has 0 aliphatic carbocycles. The number of hydrogen-bond acceptors (Lipinski definition) is 5. The maximum absolute atomic E-state index is 13.1. The fraction of sp³-hybridized carbons (Fsp3) is 0.750. The molecule has 11 heteroatoms. The average molecular weight is 409 g/mol. The van der Waals surface area contributed by atoms with Crippen molar-refractivity contribution >= 4 is 8.80 Å². The van der Waals surface area contributed by atoms with Gasteiger partial charge < -0.3 is 14.6 Å². The van der Waals surface area contributed by atoms with E-state index in [9.17, 15) is 27.9 Å². The average Bonchev–Trinajstić information content (AvgIpc) is 2.81. The summed E-state index contributed by atoms with van der Waals surface area (Å²) in [5.74, 6) is 0. The van der Waals surface area contributed by atoms with Crippen molar-refractivity contribution in [3.63, 3.8) is 0 Å². The van der Waals surface area contributed by atoms with Crippen LogP contribution in [0.3, 0.4) is 0 Å². The van der Waals surface area contributed by atoms with Crippen molar-refractivity contribution in [1.29, 1.82) is 0 Å². The lowest BCUT2D eigenvalue weighted by Gasteiger charge is -2.35. The van der Waals surface area contributed by atoms with E-state index in [-0.39, 0.29) is 13.0 Å². The summed E-state index contributed by atoms with van der Waals surface area (Å²) < 4.78 is 51.8. The monoisotopic (exact) mass is 409 g/mol. The number of nitrogens with zero attached hydrogens (tertiary/aromatic N) is 1. The first kappa shape index (κ1) is 21.9. The Kier molecular flexibility index (Phi) is 5.82. The van der Waals surface area contributed by atoms with Gasteiger partial charge in [-0.1, -0.05) is 13.1 Å². The van der Waals surface area contributed by atoms with Crippen LogP contribution < -0.4 is 11.2 Å². The van der Waals surface area contributed by atoms with Crippen molar-refractivity contribution in [3.8, 4) is 0 Å². The molecule has 0 spiro atoms. The minimum Gasteiger partial charge on any atom is -0.390 e. The van der Waals surface area contributed by atoms with Crippen molar-refractivity contribution in [2.75, 3.05) is 6.61 Å². The van der Waals surface area contributed by atoms with Gasteiger partial charge in [-0.25, -0.2) is 4.79 Å². The molecule has 1 saturated heterocycles. The Morgan fingerprint density at radius 3 is 2.44 bits per heavy atom. The Bertz CT molecular complexity index is 799. The minimum atomic E-state index is -4.93. The number of aliphatic hydroxyl groups is 1. The van der Waals surface area contributed by atoms with Crippen molar-refractivity contribution in [3.05, 3.63) is 32.6 Å². The quantitative estimate of drug-likeness (QED) is 0.735. The number of halogens is 3. The summed E-state index contributed by atoms with van der Waals surface area (Å²) in [6.07, 6.45) is -6.35. The van der Waals surface area contributed by atoms with E-state index < -0.39 is 54.9 Å². The third-order valence-corrected chi connectivity index (χ3v) is 6.49. The zero-order chi connectivity index (χ0) is 20.8. The first-order valence-electron chi connectivity index (χ1n) is 8.41. The highest BCUT2D eigenvalue weighted by molar-refractivity contribution is 6.58. The Morgan fingerprint density at radius 1 is 1.37 bits per heavy atom. The SMILES string of the molecule is C[Si](C)[C@]1(n2cc(C(F)(F)F)c(=O)[nH]c2=O)C[C@H](O)[C@@H](COC(C)(C)C)O1. The minimum absolute atomic E-state index is 0.0196. The van der Waals surface area contributed by atoms with E-state index in [4.69, 9.17) is 9.47 Å². The van der Waals surface area contributed by atoms with E-state index >= 15 is 0 Å². The number of H-pyrrole nitrogens is 1. The Morgan fingerprint density at radius 2 is 1.96 bits per heavy atom. The molecule has 0 bridgehead atoms. The fourth-order valence-electron chi connectivity index (χ4n) is 2.93. The van der Waals surface area contributed by atoms with Crippen LogP contribution in [0.5, 0.6) is 0 Å². The molecule has 1 aliphatic heterocycles. The first-order chi connectivity index (χ1) is 12.2. The molecule has 1 aromatic rings. The highest BCUT2D eigenvalue weighted by Crippen LogP contribution is 2.38. The molecular formula is C16H24F3N2O5Si. The lowest BCUT2D eigenvalue weighted by molar-refractivity contribution is -0.140. The number of aromatic nitrogens is 2. The van der Waals surface area contributed by atoms with Gasteiger partial charge >= 0.3 is 11.9 Å². The van der Waals surface area contributed by atoms with E-state index in [2.05, 4.69) is 0 Å². The summed E-state index contributed by atoms with van der Waals surface area (Å²) >= 11 is 0. The van der Waals surface area contributed by atoms with Gasteiger partial charge in [0.25, 0.3) is 5.56 Å². The first-order valence-corrected chi connectivity index (χ1v) is 10.9. The van der Waals surface area contributed by atoms with Crippen molar-refractivity contribution in [2.24, 2.45) is 0 Å². The van der Waals surface area contributed by atoms with Gasteiger partial charge in [-0.05, 0) is 20.8 Å². The molecule has 1 fully saturated rings. The summed E-state index contributed by atoms with van der Waals surface area (Å²) in [7, 11) is -1.60. The molecule has 0 amide bonds.